The van der Waals surface area contributed by atoms with Crippen molar-refractivity contribution >= 4 is 18.0 Å². The Bertz CT molecular complexity index is 1010. The second-order valence-electron chi connectivity index (χ2n) is 8.71. The van der Waals surface area contributed by atoms with Crippen LogP contribution in [0.3, 0.4) is 0 Å². The maximum atomic E-state index is 12.8. The average molecular weight is 467 g/mol. The number of amides is 2. The van der Waals surface area contributed by atoms with E-state index in [0.717, 1.165) is 22.3 Å². The van der Waals surface area contributed by atoms with Crippen molar-refractivity contribution < 1.29 is 29.0 Å². The van der Waals surface area contributed by atoms with Crippen LogP contribution in [0.25, 0.3) is 11.1 Å². The zero-order valence-corrected chi connectivity index (χ0v) is 19.2. The van der Waals surface area contributed by atoms with Gasteiger partial charge >= 0.3 is 12.1 Å². The highest BCUT2D eigenvalue weighted by Gasteiger charge is 2.30. The lowest BCUT2D eigenvalue weighted by Crippen LogP contribution is -2.48. The second-order valence-corrected chi connectivity index (χ2v) is 8.71. The van der Waals surface area contributed by atoms with E-state index in [9.17, 15) is 14.4 Å². The van der Waals surface area contributed by atoms with E-state index in [1.807, 2.05) is 31.2 Å². The first kappa shape index (κ1) is 23.8. The largest absolute Gasteiger partial charge is 0.481 e. The third-order valence-corrected chi connectivity index (χ3v) is 6.47. The molecule has 2 amide bonds. The van der Waals surface area contributed by atoms with Gasteiger partial charge in [-0.2, -0.15) is 0 Å². The molecular weight excluding hydrogens is 436 g/mol. The van der Waals surface area contributed by atoms with Crippen LogP contribution in [0.4, 0.5) is 4.79 Å². The summed E-state index contributed by atoms with van der Waals surface area (Å²) in [5.74, 6) is -1.12. The number of rotatable bonds is 8. The number of nitrogens with one attached hydrogen (secondary N) is 1. The normalized spacial score (nSPS) is 18.0. The molecule has 1 saturated heterocycles. The number of carbonyl (C=O) groups excluding carboxylic acids is 2. The van der Waals surface area contributed by atoms with Crippen molar-refractivity contribution in [2.75, 3.05) is 26.3 Å². The number of carboxylic acid groups (broad SMARTS) is 1. The highest BCUT2D eigenvalue weighted by atomic mass is 16.5. The number of morpholine rings is 1. The van der Waals surface area contributed by atoms with Crippen LogP contribution in [0.2, 0.25) is 0 Å². The number of nitrogens with zero attached hydrogens (tertiary/aromatic N) is 1. The predicted octanol–water partition coefficient (Wildman–Crippen LogP) is 3.40. The Balaban J connectivity index is 1.31. The van der Waals surface area contributed by atoms with Crippen LogP contribution in [0.1, 0.15) is 43.2 Å². The zero-order valence-electron chi connectivity index (χ0n) is 19.2. The molecule has 0 spiro atoms. The Kier molecular flexibility index (Phi) is 7.47. The van der Waals surface area contributed by atoms with Gasteiger partial charge < -0.3 is 24.8 Å². The predicted molar refractivity (Wildman–Crippen MR) is 125 cm³/mol. The fourth-order valence-electron chi connectivity index (χ4n) is 4.71. The SMILES string of the molecule is CC[C@H](CC(=O)N1CCOC(CC(=O)O)C1)NC(=O)OCC1c2ccccc2-c2ccccc21. The van der Waals surface area contributed by atoms with Crippen molar-refractivity contribution in [1.29, 1.82) is 0 Å². The minimum Gasteiger partial charge on any atom is -0.481 e. The van der Waals surface area contributed by atoms with E-state index in [0.29, 0.717) is 19.6 Å². The van der Waals surface area contributed by atoms with Gasteiger partial charge in [0.25, 0.3) is 0 Å². The van der Waals surface area contributed by atoms with E-state index < -0.39 is 18.2 Å². The minimum atomic E-state index is -0.956. The monoisotopic (exact) mass is 466 g/mol. The quantitative estimate of drug-likeness (QED) is 0.618. The number of carbonyl (C=O) groups is 3. The van der Waals surface area contributed by atoms with Gasteiger partial charge in [0.05, 0.1) is 19.1 Å². The van der Waals surface area contributed by atoms with Gasteiger partial charge in [-0.25, -0.2) is 4.79 Å². The number of hydrogen-bond acceptors (Lipinski definition) is 5. The Hall–Kier alpha value is -3.39. The minimum absolute atomic E-state index is 0.0284. The summed E-state index contributed by atoms with van der Waals surface area (Å²) in [5.41, 5.74) is 4.61. The van der Waals surface area contributed by atoms with Crippen molar-refractivity contribution in [1.82, 2.24) is 10.2 Å². The molecule has 1 aliphatic heterocycles. The number of alkyl carbamates (subject to hydrolysis) is 1. The van der Waals surface area contributed by atoms with E-state index in [1.165, 1.54) is 0 Å². The average Bonchev–Trinajstić information content (AvgIpc) is 3.15. The number of aliphatic carboxylic acids is 1. The van der Waals surface area contributed by atoms with Crippen LogP contribution >= 0.6 is 0 Å². The zero-order chi connectivity index (χ0) is 24.1. The molecule has 1 unspecified atom stereocenters. The van der Waals surface area contributed by atoms with Gasteiger partial charge in [0.1, 0.15) is 6.61 Å². The van der Waals surface area contributed by atoms with Gasteiger partial charge in [0.2, 0.25) is 5.91 Å². The Morgan fingerprint density at radius 3 is 2.38 bits per heavy atom. The smallest absolute Gasteiger partial charge is 0.407 e. The molecule has 2 aromatic rings. The van der Waals surface area contributed by atoms with Crippen molar-refractivity contribution in [3.05, 3.63) is 59.7 Å². The lowest BCUT2D eigenvalue weighted by Gasteiger charge is -2.33. The molecule has 0 bridgehead atoms. The van der Waals surface area contributed by atoms with Crippen molar-refractivity contribution in [3.8, 4) is 11.1 Å². The molecule has 8 nitrogen and oxygen atoms in total. The molecule has 1 heterocycles. The lowest BCUT2D eigenvalue weighted by atomic mass is 9.98. The summed E-state index contributed by atoms with van der Waals surface area (Å²) in [5, 5.41) is 11.8. The van der Waals surface area contributed by atoms with Gasteiger partial charge in [-0.1, -0.05) is 55.5 Å². The van der Waals surface area contributed by atoms with Crippen molar-refractivity contribution in [3.63, 3.8) is 0 Å². The first-order valence-electron chi connectivity index (χ1n) is 11.7. The first-order valence-corrected chi connectivity index (χ1v) is 11.7. The van der Waals surface area contributed by atoms with Gasteiger partial charge in [-0.15, -0.1) is 0 Å². The molecule has 8 heteroatoms. The molecule has 4 rings (SSSR count). The van der Waals surface area contributed by atoms with Crippen molar-refractivity contribution in [2.24, 2.45) is 0 Å². The standard InChI is InChI=1S/C26H30N2O6/c1-2-17(13-24(29)28-11-12-33-18(15-28)14-25(30)31)27-26(32)34-16-23-21-9-5-3-7-19(21)20-8-4-6-10-22(20)23/h3-10,17-18,23H,2,11-16H2,1H3,(H,27,32)(H,30,31)/t17-,18?/m1/s1. The second kappa shape index (κ2) is 10.7. The van der Waals surface area contributed by atoms with Gasteiger partial charge in [-0.05, 0) is 28.7 Å². The summed E-state index contributed by atoms with van der Waals surface area (Å²) in [6, 6.07) is 15.9. The number of ether oxygens (including phenoxy) is 2. The molecule has 2 aromatic carbocycles. The van der Waals surface area contributed by atoms with Crippen molar-refractivity contribution in [2.45, 2.75) is 44.2 Å². The number of carboxylic acids is 1. The third kappa shape index (κ3) is 5.39. The highest BCUT2D eigenvalue weighted by molar-refractivity contribution is 5.80. The maximum absolute atomic E-state index is 12.8. The Morgan fingerprint density at radius 1 is 1.12 bits per heavy atom. The summed E-state index contributed by atoms with van der Waals surface area (Å²) in [4.78, 5) is 37.9. The van der Waals surface area contributed by atoms with Crippen LogP contribution in [-0.2, 0) is 19.1 Å². The molecule has 1 aliphatic carbocycles. The summed E-state index contributed by atoms with van der Waals surface area (Å²) >= 11 is 0. The van der Waals surface area contributed by atoms with Crippen LogP contribution in [0, 0.1) is 0 Å². The summed E-state index contributed by atoms with van der Waals surface area (Å²) < 4.78 is 11.0. The molecular formula is C26H30N2O6. The molecule has 0 saturated carbocycles. The van der Waals surface area contributed by atoms with E-state index >= 15 is 0 Å². The van der Waals surface area contributed by atoms with Gasteiger partial charge in [0, 0.05) is 31.5 Å². The van der Waals surface area contributed by atoms with E-state index in [2.05, 4.69) is 29.6 Å². The fourth-order valence-corrected chi connectivity index (χ4v) is 4.71. The fraction of sp³-hybridized carbons (Fsp3) is 0.423. The number of benzene rings is 2. The molecule has 34 heavy (non-hydrogen) atoms. The van der Waals surface area contributed by atoms with Gasteiger partial charge in [0.15, 0.2) is 0 Å². The van der Waals surface area contributed by atoms with Crippen LogP contribution in [0.5, 0.6) is 0 Å². The van der Waals surface area contributed by atoms with E-state index in [4.69, 9.17) is 14.6 Å². The lowest BCUT2D eigenvalue weighted by molar-refractivity contribution is -0.148. The summed E-state index contributed by atoms with van der Waals surface area (Å²) in [6.07, 6.45) is -0.504. The van der Waals surface area contributed by atoms with Crippen LogP contribution in [-0.4, -0.2) is 66.4 Å². The molecule has 0 aromatic heterocycles. The molecule has 1 fully saturated rings. The summed E-state index contributed by atoms with van der Waals surface area (Å²) in [7, 11) is 0. The summed E-state index contributed by atoms with van der Waals surface area (Å²) in [6.45, 7) is 3.07. The Labute approximate surface area is 198 Å². The topological polar surface area (TPSA) is 105 Å². The van der Waals surface area contributed by atoms with Gasteiger partial charge in [-0.3, -0.25) is 9.59 Å². The van der Waals surface area contributed by atoms with Crippen LogP contribution in [0.15, 0.2) is 48.5 Å². The number of fused-ring (bicyclic) bond motifs is 3. The first-order chi connectivity index (χ1) is 16.5. The number of hydrogen-bond donors (Lipinski definition) is 2. The highest BCUT2D eigenvalue weighted by Crippen LogP contribution is 2.44. The maximum Gasteiger partial charge on any atom is 0.407 e. The molecule has 2 N–H and O–H groups in total. The third-order valence-electron chi connectivity index (χ3n) is 6.47. The molecule has 2 atom stereocenters. The van der Waals surface area contributed by atoms with Crippen LogP contribution < -0.4 is 5.32 Å². The molecule has 0 radical (unpaired) electrons. The van der Waals surface area contributed by atoms with E-state index in [1.54, 1.807) is 4.90 Å². The molecule has 180 valence electrons. The van der Waals surface area contributed by atoms with E-state index in [-0.39, 0.29) is 43.9 Å². The molecule has 2 aliphatic rings. The Morgan fingerprint density at radius 2 is 1.76 bits per heavy atom.